The molecule has 1 heterocycles. The molecule has 3 nitrogen and oxygen atoms in total. The van der Waals surface area contributed by atoms with Gasteiger partial charge in [-0.1, -0.05) is 133 Å². The van der Waals surface area contributed by atoms with Crippen LogP contribution in [0.4, 0.5) is 0 Å². The van der Waals surface area contributed by atoms with E-state index in [1.807, 2.05) is 30.3 Å². The van der Waals surface area contributed by atoms with E-state index >= 15 is 0 Å². The van der Waals surface area contributed by atoms with E-state index < -0.39 is 8.07 Å². The molecule has 4 heteroatoms. The van der Waals surface area contributed by atoms with Crippen LogP contribution in [0, 0.1) is 22.7 Å². The van der Waals surface area contributed by atoms with Crippen LogP contribution in [0.1, 0.15) is 11.1 Å². The molecule has 224 valence electrons. The molecule has 0 saturated heterocycles. The van der Waals surface area contributed by atoms with Gasteiger partial charge in [0, 0.05) is 16.3 Å². The van der Waals surface area contributed by atoms with E-state index in [4.69, 9.17) is 0 Å². The number of aromatic nitrogens is 1. The van der Waals surface area contributed by atoms with Crippen molar-refractivity contribution in [2.45, 2.75) is 0 Å². The van der Waals surface area contributed by atoms with Crippen LogP contribution in [0.3, 0.4) is 0 Å². The van der Waals surface area contributed by atoms with Gasteiger partial charge in [-0.05, 0) is 68.8 Å². The first-order valence-corrected chi connectivity index (χ1v) is 18.0. The summed E-state index contributed by atoms with van der Waals surface area (Å²) in [5, 5.41) is 27.3. The zero-order valence-electron chi connectivity index (χ0n) is 26.1. The van der Waals surface area contributed by atoms with E-state index in [0.29, 0.717) is 11.1 Å². The van der Waals surface area contributed by atoms with Crippen molar-refractivity contribution >= 4 is 50.6 Å². The lowest BCUT2D eigenvalue weighted by molar-refractivity contribution is 1.18. The van der Waals surface area contributed by atoms with Crippen LogP contribution in [0.5, 0.6) is 0 Å². The van der Waals surface area contributed by atoms with E-state index in [-0.39, 0.29) is 0 Å². The molecule has 0 amide bonds. The molecule has 0 atom stereocenters. The van der Waals surface area contributed by atoms with Crippen LogP contribution in [0.15, 0.2) is 176 Å². The van der Waals surface area contributed by atoms with Crippen LogP contribution in [0.2, 0.25) is 0 Å². The number of nitriles is 2. The second kappa shape index (κ2) is 12.0. The second-order valence-corrected chi connectivity index (χ2v) is 15.8. The summed E-state index contributed by atoms with van der Waals surface area (Å²) in [5.41, 5.74) is 6.38. The molecule has 0 saturated carbocycles. The highest BCUT2D eigenvalue weighted by atomic mass is 28.3. The smallest absolute Gasteiger partial charge is 0.179 e. The third kappa shape index (κ3) is 4.64. The fraction of sp³-hybridized carbons (Fsp3) is 0. The van der Waals surface area contributed by atoms with Gasteiger partial charge in [-0.2, -0.15) is 10.5 Å². The number of hydrogen-bond donors (Lipinski definition) is 0. The minimum absolute atomic E-state index is 0.623. The lowest BCUT2D eigenvalue weighted by Crippen LogP contribution is -2.74. The van der Waals surface area contributed by atoms with Gasteiger partial charge in [0.25, 0.3) is 0 Å². The molecule has 0 radical (unpaired) electrons. The van der Waals surface area contributed by atoms with Crippen molar-refractivity contribution in [2.75, 3.05) is 0 Å². The van der Waals surface area contributed by atoms with Crippen molar-refractivity contribution in [1.82, 2.24) is 4.57 Å². The van der Waals surface area contributed by atoms with Crippen LogP contribution >= 0.6 is 0 Å². The second-order valence-electron chi connectivity index (χ2n) is 12.0. The van der Waals surface area contributed by atoms with E-state index in [0.717, 1.165) is 43.8 Å². The maximum absolute atomic E-state index is 10.5. The highest BCUT2D eigenvalue weighted by Crippen LogP contribution is 2.36. The van der Waals surface area contributed by atoms with E-state index in [2.05, 4.69) is 162 Å². The Morgan fingerprint density at radius 3 is 1.58 bits per heavy atom. The van der Waals surface area contributed by atoms with Gasteiger partial charge in [0.2, 0.25) is 0 Å². The van der Waals surface area contributed by atoms with Crippen LogP contribution in [-0.2, 0) is 0 Å². The molecule has 0 N–H and O–H groups in total. The zero-order valence-corrected chi connectivity index (χ0v) is 27.1. The van der Waals surface area contributed by atoms with Gasteiger partial charge in [0.15, 0.2) is 8.07 Å². The molecule has 0 spiro atoms. The van der Waals surface area contributed by atoms with Gasteiger partial charge in [-0.3, -0.25) is 0 Å². The van der Waals surface area contributed by atoms with Gasteiger partial charge in [-0.25, -0.2) is 0 Å². The van der Waals surface area contributed by atoms with Gasteiger partial charge < -0.3 is 4.57 Å². The minimum atomic E-state index is -2.88. The third-order valence-electron chi connectivity index (χ3n) is 9.37. The van der Waals surface area contributed by atoms with Crippen molar-refractivity contribution < 1.29 is 0 Å². The topological polar surface area (TPSA) is 52.5 Å². The number of fused-ring (bicyclic) bond motifs is 3. The summed E-state index contributed by atoms with van der Waals surface area (Å²) >= 11 is 0. The first kappa shape index (κ1) is 29.0. The summed E-state index contributed by atoms with van der Waals surface area (Å²) in [5.74, 6) is 0. The minimum Gasteiger partial charge on any atom is -0.309 e. The standard InChI is InChI=1S/C44H29N3Si/c45-30-32-24-25-44-41(28-32)40-21-11-13-23-43(40)47(44)42-22-12-10-20-39(42)34-26-33(31-46)27-38(29-34)48(35-14-4-1-5-15-35,36-16-6-2-7-17-36)37-18-8-3-9-19-37/h1-29H. The Morgan fingerprint density at radius 1 is 0.417 bits per heavy atom. The Labute approximate surface area is 280 Å². The molecule has 0 aliphatic heterocycles. The van der Waals surface area contributed by atoms with Crippen molar-refractivity contribution in [3.63, 3.8) is 0 Å². The van der Waals surface area contributed by atoms with Crippen LogP contribution in [-0.4, -0.2) is 12.6 Å². The maximum Gasteiger partial charge on any atom is 0.179 e. The SMILES string of the molecule is N#Cc1cc(-c2ccccc2-n2c3ccccc3c3cc(C#N)ccc32)cc([Si](c2ccccc2)(c2ccccc2)c2ccccc2)c1. The fourth-order valence-corrected chi connectivity index (χ4v) is 12.2. The highest BCUT2D eigenvalue weighted by molar-refractivity contribution is 7.19. The molecule has 0 aliphatic carbocycles. The van der Waals surface area contributed by atoms with Crippen LogP contribution < -0.4 is 20.7 Å². The molecule has 0 aliphatic rings. The molecule has 8 aromatic rings. The molecule has 0 unspecified atom stereocenters. The summed E-state index contributed by atoms with van der Waals surface area (Å²) in [6.07, 6.45) is 0. The van der Waals surface area contributed by atoms with Gasteiger partial charge in [0.1, 0.15) is 0 Å². The largest absolute Gasteiger partial charge is 0.309 e. The van der Waals surface area contributed by atoms with Gasteiger partial charge >= 0.3 is 0 Å². The summed E-state index contributed by atoms with van der Waals surface area (Å²) in [6, 6.07) is 66.3. The average molecular weight is 628 g/mol. The molecule has 8 rings (SSSR count). The highest BCUT2D eigenvalue weighted by Gasteiger charge is 2.41. The molecular weight excluding hydrogens is 599 g/mol. The molecule has 1 aromatic heterocycles. The average Bonchev–Trinajstić information content (AvgIpc) is 3.50. The molecule has 0 bridgehead atoms. The normalized spacial score (nSPS) is 11.3. The Hall–Kier alpha value is -6.46. The third-order valence-corrected chi connectivity index (χ3v) is 14.1. The Kier molecular flexibility index (Phi) is 7.27. The first-order valence-electron chi connectivity index (χ1n) is 16.0. The summed E-state index contributed by atoms with van der Waals surface area (Å²) in [4.78, 5) is 0. The molecule has 0 fully saturated rings. The lowest BCUT2D eigenvalue weighted by atomic mass is 10.0. The maximum atomic E-state index is 10.5. The number of rotatable bonds is 6. The van der Waals surface area contributed by atoms with Crippen molar-refractivity contribution in [1.29, 1.82) is 10.5 Å². The zero-order chi connectivity index (χ0) is 32.5. The van der Waals surface area contributed by atoms with E-state index in [1.165, 1.54) is 15.6 Å². The van der Waals surface area contributed by atoms with E-state index in [1.54, 1.807) is 0 Å². The Bertz CT molecular complexity index is 2430. The number of benzene rings is 7. The monoisotopic (exact) mass is 627 g/mol. The predicted molar refractivity (Wildman–Crippen MR) is 199 cm³/mol. The predicted octanol–water partition coefficient (Wildman–Crippen LogP) is 7.57. The summed E-state index contributed by atoms with van der Waals surface area (Å²) in [6.45, 7) is 0. The first-order chi connectivity index (χ1) is 23.7. The van der Waals surface area contributed by atoms with E-state index in [9.17, 15) is 10.5 Å². The molecular formula is C44H29N3Si. The molecule has 7 aromatic carbocycles. The van der Waals surface area contributed by atoms with Gasteiger partial charge in [0.05, 0.1) is 40.0 Å². The van der Waals surface area contributed by atoms with Gasteiger partial charge in [-0.15, -0.1) is 0 Å². The quantitative estimate of drug-likeness (QED) is 0.141. The van der Waals surface area contributed by atoms with Crippen molar-refractivity contribution in [2.24, 2.45) is 0 Å². The number of hydrogen-bond acceptors (Lipinski definition) is 2. The summed E-state index contributed by atoms with van der Waals surface area (Å²) in [7, 11) is -2.88. The van der Waals surface area contributed by atoms with Crippen molar-refractivity contribution in [3.05, 3.63) is 187 Å². The van der Waals surface area contributed by atoms with Crippen LogP contribution in [0.25, 0.3) is 38.6 Å². The lowest BCUT2D eigenvalue weighted by Gasteiger charge is -2.35. The number of para-hydroxylation sites is 2. The Morgan fingerprint density at radius 2 is 0.958 bits per heavy atom. The molecule has 48 heavy (non-hydrogen) atoms. The van der Waals surface area contributed by atoms with Crippen molar-refractivity contribution in [3.8, 4) is 29.0 Å². The summed E-state index contributed by atoms with van der Waals surface area (Å²) < 4.78 is 2.29. The number of nitrogens with zero attached hydrogens (tertiary/aromatic N) is 3. The fourth-order valence-electron chi connectivity index (χ4n) is 7.34. The Balaban J connectivity index is 1.45.